The molecule has 0 bridgehead atoms. The summed E-state index contributed by atoms with van der Waals surface area (Å²) in [7, 11) is 2.86. The summed E-state index contributed by atoms with van der Waals surface area (Å²) < 4.78 is 11.6. The van der Waals surface area contributed by atoms with Crippen LogP contribution in [0, 0.1) is 0 Å². The highest BCUT2D eigenvalue weighted by atomic mass is 16.5. The summed E-state index contributed by atoms with van der Waals surface area (Å²) in [6.45, 7) is 0. The number of carbonyl (C=O) groups excluding carboxylic acids is 1. The van der Waals surface area contributed by atoms with E-state index in [2.05, 4.69) is 4.98 Å². The Morgan fingerprint density at radius 2 is 1.85 bits per heavy atom. The van der Waals surface area contributed by atoms with E-state index in [1.165, 1.54) is 31.1 Å². The molecule has 0 aliphatic carbocycles. The highest BCUT2D eigenvalue weighted by Gasteiger charge is 2.11. The number of phenolic OH excluding ortho intramolecular Hbond substituents is 1. The van der Waals surface area contributed by atoms with Crippen LogP contribution in [0.4, 0.5) is 0 Å². The maximum Gasteiger partial charge on any atom is 0.330 e. The molecule has 2 aromatic carbocycles. The molecule has 1 heterocycles. The molecule has 2 N–H and O–H groups in total. The summed E-state index contributed by atoms with van der Waals surface area (Å²) in [5, 5.41) is 9.94. The highest BCUT2D eigenvalue weighted by Crippen LogP contribution is 2.37. The Bertz CT molecular complexity index is 1040. The number of ether oxygens (including phenoxy) is 2. The van der Waals surface area contributed by atoms with Gasteiger partial charge in [0.25, 0.3) is 0 Å². The lowest BCUT2D eigenvalue weighted by atomic mass is 10.1. The number of methoxy groups -OCH3 is 2. The SMILES string of the molecule is COc1cc(/C=C/C(=O)c2cccc(-n3cc[nH]c3=O)c2)cc(OC)c1O. The van der Waals surface area contributed by atoms with Gasteiger partial charge in [-0.2, -0.15) is 0 Å². The molecule has 7 nitrogen and oxygen atoms in total. The van der Waals surface area contributed by atoms with Crippen LogP contribution in [0.2, 0.25) is 0 Å². The quantitative estimate of drug-likeness (QED) is 0.517. The zero-order valence-electron chi connectivity index (χ0n) is 14.8. The summed E-state index contributed by atoms with van der Waals surface area (Å²) in [5.74, 6) is 0.158. The van der Waals surface area contributed by atoms with E-state index in [0.29, 0.717) is 16.8 Å². The van der Waals surface area contributed by atoms with Crippen LogP contribution in [0.25, 0.3) is 11.8 Å². The number of aromatic hydroxyl groups is 1. The van der Waals surface area contributed by atoms with Crippen molar-refractivity contribution in [1.82, 2.24) is 9.55 Å². The van der Waals surface area contributed by atoms with Gasteiger partial charge in [-0.05, 0) is 35.9 Å². The molecular weight excluding hydrogens is 348 g/mol. The van der Waals surface area contributed by atoms with Gasteiger partial charge in [0.1, 0.15) is 0 Å². The average molecular weight is 366 g/mol. The number of imidazole rings is 1. The van der Waals surface area contributed by atoms with Gasteiger partial charge < -0.3 is 19.6 Å². The van der Waals surface area contributed by atoms with Crippen LogP contribution >= 0.6 is 0 Å². The molecule has 0 aliphatic rings. The van der Waals surface area contributed by atoms with Crippen molar-refractivity contribution in [3.63, 3.8) is 0 Å². The standard InChI is InChI=1S/C20H18N2O5/c1-26-17-10-13(11-18(27-2)19(17)24)6-7-16(23)14-4-3-5-15(12-14)22-9-8-21-20(22)25/h3-12,24H,1-2H3,(H,21,25)/b7-6+. The molecule has 0 amide bonds. The van der Waals surface area contributed by atoms with Crippen LogP contribution in [0.3, 0.4) is 0 Å². The van der Waals surface area contributed by atoms with Gasteiger partial charge in [-0.15, -0.1) is 0 Å². The lowest BCUT2D eigenvalue weighted by Crippen LogP contribution is -2.14. The van der Waals surface area contributed by atoms with Crippen LogP contribution in [-0.4, -0.2) is 34.7 Å². The summed E-state index contributed by atoms with van der Waals surface area (Å²) in [5.41, 5.74) is 1.38. The van der Waals surface area contributed by atoms with Crippen molar-refractivity contribution in [3.8, 4) is 22.9 Å². The molecule has 3 aromatic rings. The van der Waals surface area contributed by atoms with Gasteiger partial charge >= 0.3 is 5.69 Å². The third-order valence-electron chi connectivity index (χ3n) is 3.99. The average Bonchev–Trinajstić information content (AvgIpc) is 3.12. The van der Waals surface area contributed by atoms with Crippen molar-refractivity contribution in [1.29, 1.82) is 0 Å². The van der Waals surface area contributed by atoms with Gasteiger partial charge in [0.05, 0.1) is 19.9 Å². The van der Waals surface area contributed by atoms with Gasteiger partial charge in [-0.25, -0.2) is 4.79 Å². The van der Waals surface area contributed by atoms with E-state index in [1.807, 2.05) is 0 Å². The Labute approximate surface area is 155 Å². The number of aromatic nitrogens is 2. The number of nitrogens with zero attached hydrogens (tertiary/aromatic N) is 1. The monoisotopic (exact) mass is 366 g/mol. The van der Waals surface area contributed by atoms with Crippen LogP contribution in [0.5, 0.6) is 17.2 Å². The van der Waals surface area contributed by atoms with Gasteiger partial charge in [0.15, 0.2) is 17.3 Å². The Morgan fingerprint density at radius 1 is 1.15 bits per heavy atom. The second-order valence-corrected chi connectivity index (χ2v) is 5.66. The molecule has 1 aromatic heterocycles. The molecule has 3 rings (SSSR count). The molecule has 0 spiro atoms. The van der Waals surface area contributed by atoms with Crippen molar-refractivity contribution < 1.29 is 19.4 Å². The number of ketones is 1. The number of carbonyl (C=O) groups is 1. The minimum atomic E-state index is -0.279. The van der Waals surface area contributed by atoms with Gasteiger partial charge in [0.2, 0.25) is 5.75 Å². The largest absolute Gasteiger partial charge is 0.502 e. The normalized spacial score (nSPS) is 10.9. The lowest BCUT2D eigenvalue weighted by molar-refractivity contribution is 0.104. The van der Waals surface area contributed by atoms with E-state index in [1.54, 1.807) is 48.7 Å². The first-order valence-electron chi connectivity index (χ1n) is 8.07. The second kappa shape index (κ2) is 7.65. The number of aromatic amines is 1. The van der Waals surface area contributed by atoms with E-state index in [4.69, 9.17) is 9.47 Å². The molecule has 27 heavy (non-hydrogen) atoms. The minimum Gasteiger partial charge on any atom is -0.502 e. The van der Waals surface area contributed by atoms with Gasteiger partial charge in [-0.3, -0.25) is 9.36 Å². The summed E-state index contributed by atoms with van der Waals surface area (Å²) in [6, 6.07) is 9.95. The van der Waals surface area contributed by atoms with E-state index < -0.39 is 0 Å². The predicted octanol–water partition coefficient (Wildman–Crippen LogP) is 2.78. The number of rotatable bonds is 6. The fraction of sp³-hybridized carbons (Fsp3) is 0.100. The molecule has 0 saturated heterocycles. The maximum atomic E-state index is 12.5. The number of H-pyrrole nitrogens is 1. The third kappa shape index (κ3) is 3.77. The summed E-state index contributed by atoms with van der Waals surface area (Å²) in [4.78, 5) is 26.8. The maximum absolute atomic E-state index is 12.5. The first-order valence-corrected chi connectivity index (χ1v) is 8.07. The third-order valence-corrected chi connectivity index (χ3v) is 3.99. The number of allylic oxidation sites excluding steroid dienone is 1. The first-order chi connectivity index (χ1) is 13.0. The number of hydrogen-bond donors (Lipinski definition) is 2. The zero-order valence-corrected chi connectivity index (χ0v) is 14.8. The van der Waals surface area contributed by atoms with E-state index in [0.717, 1.165) is 0 Å². The van der Waals surface area contributed by atoms with Crippen molar-refractivity contribution in [2.24, 2.45) is 0 Å². The Hall–Kier alpha value is -3.74. The molecular formula is C20H18N2O5. The van der Waals surface area contributed by atoms with Crippen LogP contribution in [0.15, 0.2) is 59.7 Å². The molecule has 0 radical (unpaired) electrons. The lowest BCUT2D eigenvalue weighted by Gasteiger charge is -2.09. The fourth-order valence-electron chi connectivity index (χ4n) is 2.61. The molecule has 0 fully saturated rings. The first kappa shape index (κ1) is 18.1. The molecule has 138 valence electrons. The van der Waals surface area contributed by atoms with Gasteiger partial charge in [-0.1, -0.05) is 18.2 Å². The van der Waals surface area contributed by atoms with E-state index in [9.17, 15) is 14.7 Å². The van der Waals surface area contributed by atoms with Crippen LogP contribution < -0.4 is 15.2 Å². The Kier molecular flexibility index (Phi) is 5.12. The molecule has 0 saturated carbocycles. The highest BCUT2D eigenvalue weighted by molar-refractivity contribution is 6.07. The molecule has 7 heteroatoms. The number of benzene rings is 2. The van der Waals surface area contributed by atoms with Crippen LogP contribution in [-0.2, 0) is 0 Å². The number of nitrogens with one attached hydrogen (secondary N) is 1. The second-order valence-electron chi connectivity index (χ2n) is 5.66. The predicted molar refractivity (Wildman–Crippen MR) is 101 cm³/mol. The molecule has 0 atom stereocenters. The molecule has 0 unspecified atom stereocenters. The summed E-state index contributed by atoms with van der Waals surface area (Å²) >= 11 is 0. The van der Waals surface area contributed by atoms with Crippen LogP contribution in [0.1, 0.15) is 15.9 Å². The zero-order chi connectivity index (χ0) is 19.4. The van der Waals surface area contributed by atoms with Crippen molar-refractivity contribution in [3.05, 3.63) is 76.5 Å². The fourth-order valence-corrected chi connectivity index (χ4v) is 2.61. The van der Waals surface area contributed by atoms with E-state index >= 15 is 0 Å². The van der Waals surface area contributed by atoms with Crippen molar-refractivity contribution >= 4 is 11.9 Å². The minimum absolute atomic E-state index is 0.104. The Morgan fingerprint density at radius 3 is 2.44 bits per heavy atom. The topological polar surface area (TPSA) is 93.6 Å². The van der Waals surface area contributed by atoms with Gasteiger partial charge in [0, 0.05) is 18.0 Å². The number of hydrogen-bond acceptors (Lipinski definition) is 5. The van der Waals surface area contributed by atoms with Crippen molar-refractivity contribution in [2.75, 3.05) is 14.2 Å². The van der Waals surface area contributed by atoms with Crippen molar-refractivity contribution in [2.45, 2.75) is 0 Å². The summed E-state index contributed by atoms with van der Waals surface area (Å²) in [6.07, 6.45) is 6.13. The smallest absolute Gasteiger partial charge is 0.330 e. The molecule has 0 aliphatic heterocycles. The van der Waals surface area contributed by atoms with E-state index in [-0.39, 0.29) is 28.7 Å². The Balaban J connectivity index is 1.88. The number of phenols is 1.